The number of pyridine rings is 1. The van der Waals surface area contributed by atoms with Crippen molar-refractivity contribution in [3.63, 3.8) is 0 Å². The minimum atomic E-state index is -0.202. The van der Waals surface area contributed by atoms with Crippen molar-refractivity contribution < 1.29 is 4.39 Å². The fourth-order valence-electron chi connectivity index (χ4n) is 3.49. The van der Waals surface area contributed by atoms with Crippen LogP contribution in [0.3, 0.4) is 0 Å². The molecule has 0 aliphatic carbocycles. The number of hydrogen-bond acceptors (Lipinski definition) is 5. The molecule has 0 radical (unpaired) electrons. The highest BCUT2D eigenvalue weighted by atomic mass is 19.1. The summed E-state index contributed by atoms with van der Waals surface area (Å²) in [6.07, 6.45) is 15.3. The van der Waals surface area contributed by atoms with Gasteiger partial charge in [-0.25, -0.2) is 4.39 Å². The summed E-state index contributed by atoms with van der Waals surface area (Å²) in [7, 11) is 0. The second-order valence-corrected chi connectivity index (χ2v) is 7.87. The minimum absolute atomic E-state index is 0.00594. The van der Waals surface area contributed by atoms with Crippen LogP contribution in [-0.4, -0.2) is 24.1 Å². The van der Waals surface area contributed by atoms with Gasteiger partial charge in [0.2, 0.25) is 0 Å². The third kappa shape index (κ3) is 7.66. The van der Waals surface area contributed by atoms with E-state index >= 15 is 0 Å². The van der Waals surface area contributed by atoms with Gasteiger partial charge in [0, 0.05) is 36.4 Å². The third-order valence-corrected chi connectivity index (χ3v) is 5.39. The monoisotopic (exact) mass is 459 g/mol. The van der Waals surface area contributed by atoms with E-state index in [0.717, 1.165) is 40.1 Å². The van der Waals surface area contributed by atoms with Gasteiger partial charge in [0.25, 0.3) is 0 Å². The fraction of sp³-hybridized carbons (Fsp3) is 0.250. The zero-order chi connectivity index (χ0) is 24.9. The Labute approximate surface area is 202 Å². The molecular formula is C28H34FN5. The Kier molecular flexibility index (Phi) is 10.6. The van der Waals surface area contributed by atoms with Crippen LogP contribution in [0, 0.1) is 26.6 Å². The van der Waals surface area contributed by atoms with Gasteiger partial charge in [0.1, 0.15) is 12.5 Å². The molecule has 0 saturated heterocycles. The number of nitrogens with zero attached hydrogens (tertiary/aromatic N) is 3. The maximum absolute atomic E-state index is 14.3. The lowest BCUT2D eigenvalue weighted by Crippen LogP contribution is -2.08. The first-order chi connectivity index (χ1) is 16.4. The summed E-state index contributed by atoms with van der Waals surface area (Å²) in [5.74, 6) is -0.196. The quantitative estimate of drug-likeness (QED) is 0.280. The molecule has 0 bridgehead atoms. The van der Waals surface area contributed by atoms with E-state index in [4.69, 9.17) is 4.99 Å². The van der Waals surface area contributed by atoms with Crippen LogP contribution in [-0.2, 0) is 0 Å². The topological polar surface area (TPSA) is 61.7 Å². The van der Waals surface area contributed by atoms with E-state index in [9.17, 15) is 4.39 Å². The summed E-state index contributed by atoms with van der Waals surface area (Å²) in [5.41, 5.74) is 6.26. The molecule has 0 aliphatic rings. The average Bonchev–Trinajstić information content (AvgIpc) is 2.82. The number of anilines is 1. The fourth-order valence-corrected chi connectivity index (χ4v) is 3.49. The van der Waals surface area contributed by atoms with E-state index in [2.05, 4.69) is 46.9 Å². The predicted octanol–water partition coefficient (Wildman–Crippen LogP) is 6.54. The van der Waals surface area contributed by atoms with Crippen molar-refractivity contribution in [2.45, 2.75) is 40.0 Å². The number of aliphatic imine (C=N–C) groups is 2. The van der Waals surface area contributed by atoms with Gasteiger partial charge in [-0.2, -0.15) is 0 Å². The van der Waals surface area contributed by atoms with E-state index in [1.807, 2.05) is 50.5 Å². The highest BCUT2D eigenvalue weighted by Crippen LogP contribution is 2.25. The Bertz CT molecular complexity index is 1090. The number of aryl methyl sites for hydroxylation is 3. The lowest BCUT2D eigenvalue weighted by Gasteiger charge is -2.15. The largest absolute Gasteiger partial charge is 0.368 e. The van der Waals surface area contributed by atoms with E-state index in [-0.39, 0.29) is 11.7 Å². The Morgan fingerprint density at radius 2 is 1.88 bits per heavy atom. The Morgan fingerprint density at radius 1 is 1.15 bits per heavy atom. The molecule has 0 spiro atoms. The van der Waals surface area contributed by atoms with Crippen LogP contribution >= 0.6 is 0 Å². The van der Waals surface area contributed by atoms with Crippen LogP contribution in [0.5, 0.6) is 0 Å². The number of nitrogens with one attached hydrogen (secondary N) is 2. The number of rotatable bonds is 12. The number of halogens is 1. The number of aromatic nitrogens is 1. The van der Waals surface area contributed by atoms with E-state index < -0.39 is 0 Å². The average molecular weight is 460 g/mol. The van der Waals surface area contributed by atoms with Crippen molar-refractivity contribution in [1.82, 2.24) is 10.3 Å². The van der Waals surface area contributed by atoms with Crippen LogP contribution in [0.4, 0.5) is 10.1 Å². The standard InChI is InChI=1S/C28H34FN5/c1-7-23(24-10-9-20(3)26(29)16-24)15-25(11-14-31-8-2)27(12-13-30-6)33-19-34-28-21(4)17-32-18-22(28)5/h8-18,23,31H,2,6-7,19H2,1,3-5H3,(H,32,34)/b13-12-,14-11-,25-15+,33-27-. The lowest BCUT2D eigenvalue weighted by atomic mass is 9.92. The van der Waals surface area contributed by atoms with E-state index in [1.165, 1.54) is 0 Å². The molecule has 6 heteroatoms. The minimum Gasteiger partial charge on any atom is -0.368 e. The molecule has 1 atom stereocenters. The van der Waals surface area contributed by atoms with Crippen LogP contribution in [0.2, 0.25) is 0 Å². The molecule has 178 valence electrons. The van der Waals surface area contributed by atoms with Gasteiger partial charge in [-0.15, -0.1) is 0 Å². The third-order valence-electron chi connectivity index (χ3n) is 5.39. The van der Waals surface area contributed by atoms with Gasteiger partial charge in [-0.3, -0.25) is 15.0 Å². The summed E-state index contributed by atoms with van der Waals surface area (Å²) in [4.78, 5) is 12.9. The molecule has 1 unspecified atom stereocenters. The van der Waals surface area contributed by atoms with Crippen molar-refractivity contribution in [3.8, 4) is 0 Å². The summed E-state index contributed by atoms with van der Waals surface area (Å²) in [6, 6.07) is 5.40. The van der Waals surface area contributed by atoms with Gasteiger partial charge in [-0.1, -0.05) is 31.7 Å². The Balaban J connectivity index is 2.46. The van der Waals surface area contributed by atoms with Gasteiger partial charge in [0.15, 0.2) is 0 Å². The van der Waals surface area contributed by atoms with Gasteiger partial charge >= 0.3 is 0 Å². The molecule has 1 heterocycles. The second kappa shape index (κ2) is 13.7. The summed E-state index contributed by atoms with van der Waals surface area (Å²) in [5, 5.41) is 6.36. The molecule has 1 aromatic heterocycles. The van der Waals surface area contributed by atoms with Crippen LogP contribution in [0.15, 0.2) is 89.6 Å². The number of allylic oxidation sites excluding steroid dienone is 4. The van der Waals surface area contributed by atoms with E-state index in [0.29, 0.717) is 12.2 Å². The molecule has 34 heavy (non-hydrogen) atoms. The highest BCUT2D eigenvalue weighted by Gasteiger charge is 2.12. The molecule has 2 aromatic rings. The first-order valence-corrected chi connectivity index (χ1v) is 11.2. The van der Waals surface area contributed by atoms with Gasteiger partial charge in [0.05, 0.1) is 5.71 Å². The summed E-state index contributed by atoms with van der Waals surface area (Å²) < 4.78 is 14.3. The van der Waals surface area contributed by atoms with Crippen LogP contribution in [0.25, 0.3) is 0 Å². The molecule has 0 fully saturated rings. The molecule has 5 nitrogen and oxygen atoms in total. The normalized spacial score (nSPS) is 13.3. The first-order valence-electron chi connectivity index (χ1n) is 11.2. The van der Waals surface area contributed by atoms with Crippen molar-refractivity contribution in [2.24, 2.45) is 9.98 Å². The van der Waals surface area contributed by atoms with Crippen LogP contribution < -0.4 is 10.6 Å². The SMILES string of the molecule is C=CN\C=C/C(=C\C(CC)c1ccc(C)c(F)c1)C(/C=C\N=C)=N\CNc1c(C)cncc1C. The van der Waals surface area contributed by atoms with Gasteiger partial charge in [-0.05, 0) is 86.2 Å². The zero-order valence-electron chi connectivity index (χ0n) is 20.5. The van der Waals surface area contributed by atoms with Crippen molar-refractivity contribution in [2.75, 3.05) is 12.0 Å². The van der Waals surface area contributed by atoms with E-state index in [1.54, 1.807) is 31.6 Å². The molecule has 0 amide bonds. The zero-order valence-corrected chi connectivity index (χ0v) is 20.5. The Morgan fingerprint density at radius 3 is 2.50 bits per heavy atom. The number of hydrogen-bond donors (Lipinski definition) is 2. The number of benzene rings is 1. The van der Waals surface area contributed by atoms with Gasteiger partial charge < -0.3 is 10.6 Å². The Hall–Kier alpha value is -3.80. The summed E-state index contributed by atoms with van der Waals surface area (Å²) in [6.45, 7) is 15.5. The molecule has 1 aromatic carbocycles. The molecule has 2 rings (SSSR count). The molecule has 0 aliphatic heterocycles. The molecular weight excluding hydrogens is 425 g/mol. The smallest absolute Gasteiger partial charge is 0.126 e. The highest BCUT2D eigenvalue weighted by molar-refractivity contribution is 6.10. The first kappa shape index (κ1) is 26.5. The second-order valence-electron chi connectivity index (χ2n) is 7.87. The maximum atomic E-state index is 14.3. The molecule has 0 saturated carbocycles. The maximum Gasteiger partial charge on any atom is 0.126 e. The lowest BCUT2D eigenvalue weighted by molar-refractivity contribution is 0.613. The van der Waals surface area contributed by atoms with Crippen LogP contribution in [0.1, 0.15) is 41.5 Å². The van der Waals surface area contributed by atoms with Crippen molar-refractivity contribution in [1.29, 1.82) is 0 Å². The summed E-state index contributed by atoms with van der Waals surface area (Å²) >= 11 is 0. The molecule has 2 N–H and O–H groups in total. The predicted molar refractivity (Wildman–Crippen MR) is 143 cm³/mol. The van der Waals surface area contributed by atoms with Crippen molar-refractivity contribution >= 4 is 18.1 Å². The van der Waals surface area contributed by atoms with Crippen molar-refractivity contribution in [3.05, 3.63) is 108 Å².